The number of aromatic nitrogens is 1. The zero-order valence-corrected chi connectivity index (χ0v) is 12.3. The summed E-state index contributed by atoms with van der Waals surface area (Å²) in [6, 6.07) is 6.10. The van der Waals surface area contributed by atoms with Crippen molar-refractivity contribution in [3.05, 3.63) is 48.3 Å². The Morgan fingerprint density at radius 2 is 2.32 bits per heavy atom. The van der Waals surface area contributed by atoms with Gasteiger partial charge in [-0.25, -0.2) is 14.2 Å². The molecule has 116 valence electrons. The van der Waals surface area contributed by atoms with Gasteiger partial charge in [-0.3, -0.25) is 5.32 Å². The standard InChI is InChI=1S/C16H18FN3O2/c1-11-6-7-20(13(9-11)14-3-2-8-22-14)16(21)19-15-5-4-12(17)10-18-15/h2-5,8,10-11,13H,6-7,9H2,1H3,(H,18,19,21)/t11-,13-/m0/s1. The molecule has 1 saturated heterocycles. The topological polar surface area (TPSA) is 58.4 Å². The minimum absolute atomic E-state index is 0.0841. The lowest BCUT2D eigenvalue weighted by Gasteiger charge is -2.37. The molecule has 0 aromatic carbocycles. The lowest BCUT2D eigenvalue weighted by molar-refractivity contribution is 0.129. The number of carbonyl (C=O) groups excluding carboxylic acids is 1. The second kappa shape index (κ2) is 6.17. The number of nitrogens with one attached hydrogen (secondary N) is 1. The summed E-state index contributed by atoms with van der Waals surface area (Å²) in [5.41, 5.74) is 0. The molecule has 0 aliphatic carbocycles. The maximum Gasteiger partial charge on any atom is 0.323 e. The predicted octanol–water partition coefficient (Wildman–Crippen LogP) is 3.82. The summed E-state index contributed by atoms with van der Waals surface area (Å²) < 4.78 is 18.4. The molecular formula is C16H18FN3O2. The minimum atomic E-state index is -0.432. The Labute approximate surface area is 128 Å². The third-order valence-corrected chi connectivity index (χ3v) is 3.96. The molecule has 1 N–H and O–H groups in total. The van der Waals surface area contributed by atoms with Crippen molar-refractivity contribution in [2.24, 2.45) is 5.92 Å². The molecule has 3 heterocycles. The van der Waals surface area contributed by atoms with Gasteiger partial charge in [-0.05, 0) is 43.0 Å². The van der Waals surface area contributed by atoms with Crippen LogP contribution in [-0.2, 0) is 0 Å². The molecule has 0 unspecified atom stereocenters. The highest BCUT2D eigenvalue weighted by Crippen LogP contribution is 2.34. The number of rotatable bonds is 2. The first kappa shape index (κ1) is 14.6. The number of nitrogens with zero attached hydrogens (tertiary/aromatic N) is 2. The number of urea groups is 1. The molecule has 0 radical (unpaired) electrons. The zero-order valence-electron chi connectivity index (χ0n) is 12.3. The van der Waals surface area contributed by atoms with Crippen molar-refractivity contribution >= 4 is 11.8 Å². The van der Waals surface area contributed by atoms with E-state index in [0.717, 1.165) is 24.8 Å². The first-order valence-electron chi connectivity index (χ1n) is 7.36. The summed E-state index contributed by atoms with van der Waals surface area (Å²) in [7, 11) is 0. The van der Waals surface area contributed by atoms with Crippen LogP contribution in [0.5, 0.6) is 0 Å². The van der Waals surface area contributed by atoms with E-state index in [1.807, 2.05) is 12.1 Å². The summed E-state index contributed by atoms with van der Waals surface area (Å²) in [5.74, 6) is 1.22. The van der Waals surface area contributed by atoms with Crippen LogP contribution in [-0.4, -0.2) is 22.5 Å². The van der Waals surface area contributed by atoms with Gasteiger partial charge < -0.3 is 9.32 Å². The maximum absolute atomic E-state index is 12.9. The highest BCUT2D eigenvalue weighted by Gasteiger charge is 2.32. The lowest BCUT2D eigenvalue weighted by Crippen LogP contribution is -2.43. The van der Waals surface area contributed by atoms with E-state index in [0.29, 0.717) is 18.3 Å². The van der Waals surface area contributed by atoms with E-state index in [1.54, 1.807) is 11.2 Å². The molecular weight excluding hydrogens is 285 g/mol. The average Bonchev–Trinajstić information content (AvgIpc) is 3.03. The van der Waals surface area contributed by atoms with Crippen molar-refractivity contribution in [1.29, 1.82) is 0 Å². The van der Waals surface area contributed by atoms with E-state index in [9.17, 15) is 9.18 Å². The minimum Gasteiger partial charge on any atom is -0.467 e. The van der Waals surface area contributed by atoms with Crippen LogP contribution in [0.25, 0.3) is 0 Å². The van der Waals surface area contributed by atoms with Crippen LogP contribution in [0.3, 0.4) is 0 Å². The Hall–Kier alpha value is -2.37. The van der Waals surface area contributed by atoms with Crippen LogP contribution in [0.4, 0.5) is 15.0 Å². The number of hydrogen-bond donors (Lipinski definition) is 1. The third kappa shape index (κ3) is 3.10. The molecule has 2 aromatic rings. The van der Waals surface area contributed by atoms with E-state index < -0.39 is 5.82 Å². The quantitative estimate of drug-likeness (QED) is 0.917. The first-order chi connectivity index (χ1) is 10.6. The van der Waals surface area contributed by atoms with Crippen molar-refractivity contribution in [2.75, 3.05) is 11.9 Å². The highest BCUT2D eigenvalue weighted by molar-refractivity contribution is 5.88. The number of anilines is 1. The SMILES string of the molecule is C[C@H]1CCN(C(=O)Nc2ccc(F)cn2)[C@H](c2ccco2)C1. The molecule has 3 rings (SSSR count). The fourth-order valence-electron chi connectivity index (χ4n) is 2.77. The van der Waals surface area contributed by atoms with E-state index in [4.69, 9.17) is 4.42 Å². The Kier molecular flexibility index (Phi) is 4.09. The second-order valence-electron chi connectivity index (χ2n) is 5.65. The number of amides is 2. The van der Waals surface area contributed by atoms with Gasteiger partial charge in [0.25, 0.3) is 0 Å². The Bertz CT molecular complexity index is 627. The number of furan rings is 1. The van der Waals surface area contributed by atoms with Gasteiger partial charge in [-0.15, -0.1) is 0 Å². The summed E-state index contributed by atoms with van der Waals surface area (Å²) in [6.45, 7) is 2.83. The first-order valence-corrected chi connectivity index (χ1v) is 7.36. The molecule has 1 aliphatic heterocycles. The Morgan fingerprint density at radius 1 is 1.45 bits per heavy atom. The Morgan fingerprint density at radius 3 is 3.00 bits per heavy atom. The fraction of sp³-hybridized carbons (Fsp3) is 0.375. The molecule has 0 saturated carbocycles. The van der Waals surface area contributed by atoms with Crippen molar-refractivity contribution < 1.29 is 13.6 Å². The van der Waals surface area contributed by atoms with Gasteiger partial charge in [0.05, 0.1) is 18.5 Å². The average molecular weight is 303 g/mol. The van der Waals surface area contributed by atoms with Crippen LogP contribution >= 0.6 is 0 Å². The summed E-state index contributed by atoms with van der Waals surface area (Å²) in [5, 5.41) is 2.71. The molecule has 1 aliphatic rings. The third-order valence-electron chi connectivity index (χ3n) is 3.96. The second-order valence-corrected chi connectivity index (χ2v) is 5.65. The summed E-state index contributed by atoms with van der Waals surface area (Å²) >= 11 is 0. The van der Waals surface area contributed by atoms with Gasteiger partial charge in [0.2, 0.25) is 0 Å². The largest absolute Gasteiger partial charge is 0.467 e. The van der Waals surface area contributed by atoms with Gasteiger partial charge in [-0.1, -0.05) is 6.92 Å². The smallest absolute Gasteiger partial charge is 0.323 e. The van der Waals surface area contributed by atoms with Gasteiger partial charge in [0, 0.05) is 6.54 Å². The van der Waals surface area contributed by atoms with E-state index in [-0.39, 0.29) is 12.1 Å². The molecule has 1 fully saturated rings. The molecule has 22 heavy (non-hydrogen) atoms. The van der Waals surface area contributed by atoms with Crippen molar-refractivity contribution in [1.82, 2.24) is 9.88 Å². The van der Waals surface area contributed by atoms with Gasteiger partial charge in [0.1, 0.15) is 17.4 Å². The molecule has 0 spiro atoms. The normalized spacial score (nSPS) is 21.6. The molecule has 0 bridgehead atoms. The van der Waals surface area contributed by atoms with Crippen molar-refractivity contribution in [3.8, 4) is 0 Å². The van der Waals surface area contributed by atoms with Crippen LogP contribution in [0, 0.1) is 11.7 Å². The Balaban J connectivity index is 1.75. The lowest BCUT2D eigenvalue weighted by atomic mass is 9.91. The number of hydrogen-bond acceptors (Lipinski definition) is 3. The monoisotopic (exact) mass is 303 g/mol. The molecule has 5 nitrogen and oxygen atoms in total. The molecule has 2 atom stereocenters. The fourth-order valence-corrected chi connectivity index (χ4v) is 2.77. The zero-order chi connectivity index (χ0) is 15.5. The number of carbonyl (C=O) groups is 1. The number of pyridine rings is 1. The van der Waals surface area contributed by atoms with Crippen molar-refractivity contribution in [2.45, 2.75) is 25.8 Å². The van der Waals surface area contributed by atoms with Crippen molar-refractivity contribution in [3.63, 3.8) is 0 Å². The summed E-state index contributed by atoms with van der Waals surface area (Å²) in [4.78, 5) is 18.1. The highest BCUT2D eigenvalue weighted by atomic mass is 19.1. The van der Waals surface area contributed by atoms with Gasteiger partial charge in [0.15, 0.2) is 0 Å². The maximum atomic E-state index is 12.9. The number of likely N-dealkylation sites (tertiary alicyclic amines) is 1. The van der Waals surface area contributed by atoms with Gasteiger partial charge >= 0.3 is 6.03 Å². The molecule has 2 aromatic heterocycles. The van der Waals surface area contributed by atoms with E-state index in [2.05, 4.69) is 17.2 Å². The molecule has 6 heteroatoms. The molecule has 2 amide bonds. The van der Waals surface area contributed by atoms with Crippen LogP contribution in [0.15, 0.2) is 41.1 Å². The van der Waals surface area contributed by atoms with Crippen LogP contribution in [0.1, 0.15) is 31.6 Å². The van der Waals surface area contributed by atoms with Gasteiger partial charge in [-0.2, -0.15) is 0 Å². The summed E-state index contributed by atoms with van der Waals surface area (Å²) in [6.07, 6.45) is 4.50. The van der Waals surface area contributed by atoms with E-state index >= 15 is 0 Å². The predicted molar refractivity (Wildman–Crippen MR) is 79.8 cm³/mol. The van der Waals surface area contributed by atoms with E-state index in [1.165, 1.54) is 12.1 Å². The van der Waals surface area contributed by atoms with Crippen LogP contribution < -0.4 is 5.32 Å². The van der Waals surface area contributed by atoms with Crippen LogP contribution in [0.2, 0.25) is 0 Å². The number of halogens is 1. The number of piperidine rings is 1.